The topological polar surface area (TPSA) is 29.9 Å². The fourth-order valence-corrected chi connectivity index (χ4v) is 3.17. The van der Waals surface area contributed by atoms with E-state index in [1.807, 2.05) is 30.7 Å². The lowest BCUT2D eigenvalue weighted by Crippen LogP contribution is -2.37. The molecule has 1 aliphatic rings. The van der Waals surface area contributed by atoms with E-state index in [-0.39, 0.29) is 0 Å². The second kappa shape index (κ2) is 5.58. The molecule has 1 N–H and O–H groups in total. The molecule has 0 atom stereocenters. The van der Waals surface area contributed by atoms with Crippen molar-refractivity contribution < 1.29 is 0 Å². The smallest absolute Gasteiger partial charge is 0.0951 e. The lowest BCUT2D eigenvalue weighted by molar-refractivity contribution is 0.195. The number of halogens is 1. The number of imidazole rings is 1. The third-order valence-corrected chi connectivity index (χ3v) is 4.55. The Kier molecular flexibility index (Phi) is 3.81. The highest BCUT2D eigenvalue weighted by Gasteiger charge is 2.28. The number of aromatic nitrogens is 2. The fourth-order valence-electron chi connectivity index (χ4n) is 2.94. The first kappa shape index (κ1) is 13.7. The molecule has 20 heavy (non-hydrogen) atoms. The molecule has 0 aliphatic carbocycles. The summed E-state index contributed by atoms with van der Waals surface area (Å²) in [5.74, 6) is 0. The predicted octanol–water partition coefficient (Wildman–Crippen LogP) is 3.59. The first-order valence-electron chi connectivity index (χ1n) is 7.14. The summed E-state index contributed by atoms with van der Waals surface area (Å²) in [6, 6.07) is 7.96. The van der Waals surface area contributed by atoms with Gasteiger partial charge in [-0.2, -0.15) is 0 Å². The van der Waals surface area contributed by atoms with Crippen LogP contribution >= 0.6 is 11.6 Å². The predicted molar refractivity (Wildman–Crippen MR) is 82.9 cm³/mol. The molecule has 1 fully saturated rings. The van der Waals surface area contributed by atoms with E-state index in [0.717, 1.165) is 35.9 Å². The Balaban J connectivity index is 1.89. The van der Waals surface area contributed by atoms with Crippen LogP contribution in [0.1, 0.15) is 19.8 Å². The second-order valence-corrected chi connectivity index (χ2v) is 6.35. The Morgan fingerprint density at radius 3 is 2.80 bits per heavy atom. The molecule has 1 aliphatic heterocycles. The molecule has 4 heteroatoms. The van der Waals surface area contributed by atoms with Crippen LogP contribution in [0.4, 0.5) is 0 Å². The largest absolute Gasteiger partial charge is 0.330 e. The summed E-state index contributed by atoms with van der Waals surface area (Å²) in [4.78, 5) is 4.32. The van der Waals surface area contributed by atoms with Crippen molar-refractivity contribution in [3.8, 4) is 11.3 Å². The summed E-state index contributed by atoms with van der Waals surface area (Å²) >= 11 is 6.31. The number of hydrogen-bond acceptors (Lipinski definition) is 2. The highest BCUT2D eigenvalue weighted by atomic mass is 35.5. The van der Waals surface area contributed by atoms with Crippen LogP contribution in [0.5, 0.6) is 0 Å². The SMILES string of the molecule is CC1(Cn2cncc2-c2ccccc2Cl)CCNCC1. The Bertz CT molecular complexity index is 585. The molecule has 0 saturated carbocycles. The molecule has 0 spiro atoms. The maximum atomic E-state index is 6.31. The monoisotopic (exact) mass is 289 g/mol. The van der Waals surface area contributed by atoms with E-state index in [9.17, 15) is 0 Å². The van der Waals surface area contributed by atoms with Crippen molar-refractivity contribution in [3.63, 3.8) is 0 Å². The van der Waals surface area contributed by atoms with Crippen LogP contribution in [0.15, 0.2) is 36.8 Å². The van der Waals surface area contributed by atoms with Gasteiger partial charge < -0.3 is 9.88 Å². The second-order valence-electron chi connectivity index (χ2n) is 5.95. The van der Waals surface area contributed by atoms with Crippen molar-refractivity contribution in [2.45, 2.75) is 26.3 Å². The Hall–Kier alpha value is -1.32. The summed E-state index contributed by atoms with van der Waals surface area (Å²) in [7, 11) is 0. The Morgan fingerprint density at radius 1 is 1.30 bits per heavy atom. The van der Waals surface area contributed by atoms with E-state index in [2.05, 4.69) is 27.9 Å². The molecule has 0 unspecified atom stereocenters. The maximum Gasteiger partial charge on any atom is 0.0951 e. The average molecular weight is 290 g/mol. The molecule has 1 saturated heterocycles. The van der Waals surface area contributed by atoms with Crippen LogP contribution in [0.2, 0.25) is 5.02 Å². The van der Waals surface area contributed by atoms with Crippen LogP contribution in [0.3, 0.4) is 0 Å². The zero-order chi connectivity index (χ0) is 14.0. The Morgan fingerprint density at radius 2 is 2.05 bits per heavy atom. The Labute approximate surface area is 125 Å². The van der Waals surface area contributed by atoms with Crippen molar-refractivity contribution in [1.82, 2.24) is 14.9 Å². The molecular formula is C16H20ClN3. The van der Waals surface area contributed by atoms with Gasteiger partial charge in [-0.05, 0) is 37.4 Å². The van der Waals surface area contributed by atoms with Gasteiger partial charge in [-0.15, -0.1) is 0 Å². The van der Waals surface area contributed by atoms with Crippen molar-refractivity contribution >= 4 is 11.6 Å². The molecular weight excluding hydrogens is 270 g/mol. The van der Waals surface area contributed by atoms with Gasteiger partial charge in [0.1, 0.15) is 0 Å². The lowest BCUT2D eigenvalue weighted by atomic mass is 9.81. The highest BCUT2D eigenvalue weighted by Crippen LogP contribution is 2.33. The number of rotatable bonds is 3. The molecule has 106 valence electrons. The van der Waals surface area contributed by atoms with Crippen LogP contribution < -0.4 is 5.32 Å². The van der Waals surface area contributed by atoms with E-state index >= 15 is 0 Å². The summed E-state index contributed by atoms with van der Waals surface area (Å²) in [6.07, 6.45) is 6.23. The highest BCUT2D eigenvalue weighted by molar-refractivity contribution is 6.33. The zero-order valence-corrected chi connectivity index (χ0v) is 12.5. The number of nitrogens with zero attached hydrogens (tertiary/aromatic N) is 2. The third kappa shape index (κ3) is 2.74. The van der Waals surface area contributed by atoms with E-state index < -0.39 is 0 Å². The number of benzene rings is 1. The summed E-state index contributed by atoms with van der Waals surface area (Å²) in [5, 5.41) is 4.21. The third-order valence-electron chi connectivity index (χ3n) is 4.22. The molecule has 0 amide bonds. The summed E-state index contributed by atoms with van der Waals surface area (Å²) in [5.41, 5.74) is 2.50. The van der Waals surface area contributed by atoms with Gasteiger partial charge in [0.05, 0.1) is 18.2 Å². The molecule has 1 aromatic carbocycles. The minimum absolute atomic E-state index is 0.335. The van der Waals surface area contributed by atoms with Gasteiger partial charge >= 0.3 is 0 Å². The molecule has 3 nitrogen and oxygen atoms in total. The number of hydrogen-bond donors (Lipinski definition) is 1. The van der Waals surface area contributed by atoms with Crippen molar-refractivity contribution in [3.05, 3.63) is 41.8 Å². The fraction of sp³-hybridized carbons (Fsp3) is 0.438. The molecule has 2 heterocycles. The van der Waals surface area contributed by atoms with E-state index in [1.165, 1.54) is 12.8 Å². The standard InChI is InChI=1S/C16H20ClN3/c1-16(6-8-18-9-7-16)11-20-12-19-10-15(20)13-4-2-3-5-14(13)17/h2-5,10,12,18H,6-9,11H2,1H3. The van der Waals surface area contributed by atoms with E-state index in [0.29, 0.717) is 5.41 Å². The van der Waals surface area contributed by atoms with Gasteiger partial charge in [0.2, 0.25) is 0 Å². The van der Waals surface area contributed by atoms with Crippen molar-refractivity contribution in [2.75, 3.05) is 13.1 Å². The van der Waals surface area contributed by atoms with Gasteiger partial charge in [-0.25, -0.2) is 4.98 Å². The molecule has 1 aromatic heterocycles. The van der Waals surface area contributed by atoms with Crippen LogP contribution in [0, 0.1) is 5.41 Å². The summed E-state index contributed by atoms with van der Waals surface area (Å²) < 4.78 is 2.24. The number of nitrogens with one attached hydrogen (secondary N) is 1. The first-order chi connectivity index (χ1) is 9.68. The van der Waals surface area contributed by atoms with Crippen LogP contribution in [0.25, 0.3) is 11.3 Å². The van der Waals surface area contributed by atoms with Crippen molar-refractivity contribution in [2.24, 2.45) is 5.41 Å². The first-order valence-corrected chi connectivity index (χ1v) is 7.52. The maximum absolute atomic E-state index is 6.31. The molecule has 0 bridgehead atoms. The van der Waals surface area contributed by atoms with E-state index in [4.69, 9.17) is 11.6 Å². The van der Waals surface area contributed by atoms with Gasteiger partial charge in [0.25, 0.3) is 0 Å². The van der Waals surface area contributed by atoms with E-state index in [1.54, 1.807) is 0 Å². The molecule has 0 radical (unpaired) electrons. The minimum atomic E-state index is 0.335. The number of piperidine rings is 1. The zero-order valence-electron chi connectivity index (χ0n) is 11.8. The van der Waals surface area contributed by atoms with Crippen molar-refractivity contribution in [1.29, 1.82) is 0 Å². The summed E-state index contributed by atoms with van der Waals surface area (Å²) in [6.45, 7) is 5.57. The van der Waals surface area contributed by atoms with Gasteiger partial charge in [-0.1, -0.05) is 36.7 Å². The van der Waals surface area contributed by atoms with Crippen LogP contribution in [-0.4, -0.2) is 22.6 Å². The average Bonchev–Trinajstić information content (AvgIpc) is 2.87. The van der Waals surface area contributed by atoms with Gasteiger partial charge in [-0.3, -0.25) is 0 Å². The lowest BCUT2D eigenvalue weighted by Gasteiger charge is -2.34. The molecule has 3 rings (SSSR count). The van der Waals surface area contributed by atoms with Gasteiger partial charge in [0.15, 0.2) is 0 Å². The minimum Gasteiger partial charge on any atom is -0.330 e. The molecule has 2 aromatic rings. The quantitative estimate of drug-likeness (QED) is 0.936. The van der Waals surface area contributed by atoms with Crippen LogP contribution in [-0.2, 0) is 6.54 Å². The normalized spacial score (nSPS) is 18.1. The van der Waals surface area contributed by atoms with Gasteiger partial charge in [0, 0.05) is 17.1 Å².